The van der Waals surface area contributed by atoms with Crippen LogP contribution in [-0.2, 0) is 9.59 Å². The highest BCUT2D eigenvalue weighted by atomic mass is 16.5. The molecule has 0 saturated heterocycles. The van der Waals surface area contributed by atoms with E-state index < -0.39 is 0 Å². The van der Waals surface area contributed by atoms with Crippen LogP contribution in [0.1, 0.15) is 25.7 Å². The minimum absolute atomic E-state index is 0.0656. The maximum atomic E-state index is 12.8. The molecule has 0 aliphatic heterocycles. The van der Waals surface area contributed by atoms with Crippen LogP contribution in [0.25, 0.3) is 0 Å². The highest BCUT2D eigenvalue weighted by Gasteiger charge is 2.30. The van der Waals surface area contributed by atoms with Crippen molar-refractivity contribution in [1.29, 1.82) is 0 Å². The third kappa shape index (κ3) is 5.43. The van der Waals surface area contributed by atoms with E-state index in [1.54, 1.807) is 64.8 Å². The van der Waals surface area contributed by atoms with Crippen LogP contribution in [0.15, 0.2) is 36.4 Å². The minimum Gasteiger partial charge on any atom is -0.497 e. The van der Waals surface area contributed by atoms with Crippen molar-refractivity contribution < 1.29 is 28.5 Å². The second kappa shape index (κ2) is 10.7. The fourth-order valence-corrected chi connectivity index (χ4v) is 3.89. The Hall–Kier alpha value is -3.42. The standard InChI is InChI=1S/C24H30N2O6/c1-29-17-9-11-19(21(13-17)31-3)25-23(27)15-5-7-16(8-6-15)24(28)26-20-12-10-18(30-2)14-22(20)32-4/h9-16H,5-8H2,1-4H3,(H,25,27)(H,26,28). The van der Waals surface area contributed by atoms with E-state index in [1.165, 1.54) is 0 Å². The van der Waals surface area contributed by atoms with Crippen LogP contribution in [-0.4, -0.2) is 40.3 Å². The van der Waals surface area contributed by atoms with Gasteiger partial charge in [0.2, 0.25) is 11.8 Å². The molecule has 0 heterocycles. The van der Waals surface area contributed by atoms with Crippen molar-refractivity contribution >= 4 is 23.2 Å². The summed E-state index contributed by atoms with van der Waals surface area (Å²) in [6.45, 7) is 0. The smallest absolute Gasteiger partial charge is 0.227 e. The Balaban J connectivity index is 1.56. The van der Waals surface area contributed by atoms with Crippen molar-refractivity contribution in [2.24, 2.45) is 11.8 Å². The molecule has 0 aromatic heterocycles. The average molecular weight is 443 g/mol. The number of amides is 2. The van der Waals surface area contributed by atoms with E-state index in [-0.39, 0.29) is 23.7 Å². The largest absolute Gasteiger partial charge is 0.497 e. The van der Waals surface area contributed by atoms with Gasteiger partial charge >= 0.3 is 0 Å². The van der Waals surface area contributed by atoms with Crippen molar-refractivity contribution in [2.75, 3.05) is 39.1 Å². The van der Waals surface area contributed by atoms with E-state index >= 15 is 0 Å². The van der Waals surface area contributed by atoms with Gasteiger partial charge in [-0.25, -0.2) is 0 Å². The Labute approximate surface area is 188 Å². The van der Waals surface area contributed by atoms with Crippen molar-refractivity contribution in [3.63, 3.8) is 0 Å². The molecule has 3 rings (SSSR count). The predicted octanol–water partition coefficient (Wildman–Crippen LogP) is 4.10. The van der Waals surface area contributed by atoms with Gasteiger partial charge in [-0.2, -0.15) is 0 Å². The van der Waals surface area contributed by atoms with Gasteiger partial charge in [-0.05, 0) is 49.9 Å². The lowest BCUT2D eigenvalue weighted by Gasteiger charge is -2.27. The monoisotopic (exact) mass is 442 g/mol. The summed E-state index contributed by atoms with van der Waals surface area (Å²) < 4.78 is 21.1. The quantitative estimate of drug-likeness (QED) is 0.639. The lowest BCUT2D eigenvalue weighted by Crippen LogP contribution is -2.32. The summed E-state index contributed by atoms with van der Waals surface area (Å²) in [5.74, 6) is 1.95. The molecule has 1 aliphatic rings. The van der Waals surface area contributed by atoms with Crippen LogP contribution < -0.4 is 29.6 Å². The molecule has 32 heavy (non-hydrogen) atoms. The first-order valence-corrected chi connectivity index (χ1v) is 10.5. The summed E-state index contributed by atoms with van der Waals surface area (Å²) in [6, 6.07) is 10.5. The van der Waals surface area contributed by atoms with E-state index in [9.17, 15) is 9.59 Å². The third-order valence-corrected chi connectivity index (χ3v) is 5.80. The Bertz CT molecular complexity index is 876. The Morgan fingerprint density at radius 1 is 0.656 bits per heavy atom. The number of nitrogens with one attached hydrogen (secondary N) is 2. The van der Waals surface area contributed by atoms with Gasteiger partial charge in [0, 0.05) is 24.0 Å². The number of rotatable bonds is 8. The molecule has 1 aliphatic carbocycles. The van der Waals surface area contributed by atoms with Crippen LogP contribution in [0, 0.1) is 11.8 Å². The molecule has 2 N–H and O–H groups in total. The zero-order valence-corrected chi connectivity index (χ0v) is 18.9. The van der Waals surface area contributed by atoms with Crippen LogP contribution in [0.2, 0.25) is 0 Å². The van der Waals surface area contributed by atoms with E-state index in [1.807, 2.05) is 0 Å². The average Bonchev–Trinajstić information content (AvgIpc) is 2.84. The SMILES string of the molecule is COc1ccc(NC(=O)C2CCC(C(=O)Nc3ccc(OC)cc3OC)CC2)c(OC)c1. The van der Waals surface area contributed by atoms with Gasteiger partial charge in [0.15, 0.2) is 0 Å². The van der Waals surface area contributed by atoms with E-state index in [0.29, 0.717) is 60.1 Å². The van der Waals surface area contributed by atoms with Gasteiger partial charge in [-0.15, -0.1) is 0 Å². The topological polar surface area (TPSA) is 95.1 Å². The van der Waals surface area contributed by atoms with Crippen molar-refractivity contribution in [1.82, 2.24) is 0 Å². The zero-order valence-electron chi connectivity index (χ0n) is 18.9. The molecule has 2 amide bonds. The molecule has 1 fully saturated rings. The maximum absolute atomic E-state index is 12.8. The summed E-state index contributed by atoms with van der Waals surface area (Å²) in [5, 5.41) is 5.89. The number of carbonyl (C=O) groups excluding carboxylic acids is 2. The van der Waals surface area contributed by atoms with Crippen molar-refractivity contribution in [2.45, 2.75) is 25.7 Å². The second-order valence-electron chi connectivity index (χ2n) is 7.66. The second-order valence-corrected chi connectivity index (χ2v) is 7.66. The number of hydrogen-bond donors (Lipinski definition) is 2. The molecule has 0 unspecified atom stereocenters. The summed E-state index contributed by atoms with van der Waals surface area (Å²) in [4.78, 5) is 25.5. The Morgan fingerprint density at radius 2 is 1.03 bits per heavy atom. The maximum Gasteiger partial charge on any atom is 0.227 e. The van der Waals surface area contributed by atoms with Crippen LogP contribution >= 0.6 is 0 Å². The van der Waals surface area contributed by atoms with E-state index in [0.717, 1.165) is 0 Å². The fraction of sp³-hybridized carbons (Fsp3) is 0.417. The molecule has 8 nitrogen and oxygen atoms in total. The molecular formula is C24H30N2O6. The lowest BCUT2D eigenvalue weighted by atomic mass is 9.81. The van der Waals surface area contributed by atoms with Gasteiger partial charge in [-0.1, -0.05) is 0 Å². The Kier molecular flexibility index (Phi) is 7.81. The number of methoxy groups -OCH3 is 4. The highest BCUT2D eigenvalue weighted by molar-refractivity contribution is 5.96. The molecule has 0 atom stereocenters. The molecule has 1 saturated carbocycles. The van der Waals surface area contributed by atoms with Crippen molar-refractivity contribution in [3.8, 4) is 23.0 Å². The molecule has 0 bridgehead atoms. The molecule has 172 valence electrons. The van der Waals surface area contributed by atoms with Gasteiger partial charge in [0.05, 0.1) is 39.8 Å². The molecule has 2 aromatic carbocycles. The first-order valence-electron chi connectivity index (χ1n) is 10.5. The molecule has 0 spiro atoms. The highest BCUT2D eigenvalue weighted by Crippen LogP contribution is 2.34. The first-order chi connectivity index (χ1) is 15.5. The molecule has 0 radical (unpaired) electrons. The summed E-state index contributed by atoms with van der Waals surface area (Å²) in [6.07, 6.45) is 2.56. The van der Waals surface area contributed by atoms with E-state index in [2.05, 4.69) is 10.6 Å². The number of anilines is 2. The van der Waals surface area contributed by atoms with Gasteiger partial charge < -0.3 is 29.6 Å². The summed E-state index contributed by atoms with van der Waals surface area (Å²) in [7, 11) is 6.25. The normalized spacial score (nSPS) is 17.8. The third-order valence-electron chi connectivity index (χ3n) is 5.80. The minimum atomic E-state index is -0.151. The Morgan fingerprint density at radius 3 is 1.34 bits per heavy atom. The first kappa shape index (κ1) is 23.2. The van der Waals surface area contributed by atoms with Crippen LogP contribution in [0.3, 0.4) is 0 Å². The van der Waals surface area contributed by atoms with Crippen LogP contribution in [0.5, 0.6) is 23.0 Å². The van der Waals surface area contributed by atoms with E-state index in [4.69, 9.17) is 18.9 Å². The number of carbonyl (C=O) groups is 2. The summed E-state index contributed by atoms with van der Waals surface area (Å²) >= 11 is 0. The van der Waals surface area contributed by atoms with Gasteiger partial charge in [0.25, 0.3) is 0 Å². The van der Waals surface area contributed by atoms with Gasteiger partial charge in [-0.3, -0.25) is 9.59 Å². The lowest BCUT2D eigenvalue weighted by molar-refractivity contribution is -0.125. The summed E-state index contributed by atoms with van der Waals surface area (Å²) in [5.41, 5.74) is 1.20. The molecular weight excluding hydrogens is 412 g/mol. The molecule has 2 aromatic rings. The number of benzene rings is 2. The fourth-order valence-electron chi connectivity index (χ4n) is 3.89. The van der Waals surface area contributed by atoms with Crippen LogP contribution in [0.4, 0.5) is 11.4 Å². The van der Waals surface area contributed by atoms with Gasteiger partial charge in [0.1, 0.15) is 23.0 Å². The number of hydrogen-bond acceptors (Lipinski definition) is 6. The number of ether oxygens (including phenoxy) is 4. The predicted molar refractivity (Wildman–Crippen MR) is 122 cm³/mol. The zero-order chi connectivity index (χ0) is 23.1. The van der Waals surface area contributed by atoms with Crippen molar-refractivity contribution in [3.05, 3.63) is 36.4 Å². The molecule has 8 heteroatoms.